The molecule has 0 aromatic heterocycles. The molecule has 0 fully saturated rings. The van der Waals surface area contributed by atoms with Crippen molar-refractivity contribution >= 4 is 27.5 Å². The van der Waals surface area contributed by atoms with Gasteiger partial charge in [0.1, 0.15) is 12.6 Å². The molecule has 0 spiro atoms. The predicted octanol–water partition coefficient (Wildman–Crippen LogP) is 3.60. The Morgan fingerprint density at radius 1 is 1.00 bits per heavy atom. The molecular weight excluding hydrogens is 494 g/mol. The van der Waals surface area contributed by atoms with Gasteiger partial charge in [-0.1, -0.05) is 43.7 Å². The smallest absolute Gasteiger partial charge is 0.244 e. The lowest BCUT2D eigenvalue weighted by Crippen LogP contribution is -2.53. The molecule has 0 unspecified atom stereocenters. The van der Waals surface area contributed by atoms with Crippen LogP contribution in [0.15, 0.2) is 42.5 Å². The van der Waals surface area contributed by atoms with E-state index >= 15 is 0 Å². The van der Waals surface area contributed by atoms with Gasteiger partial charge in [0, 0.05) is 18.7 Å². The summed E-state index contributed by atoms with van der Waals surface area (Å²) >= 11 is 0. The number of aryl methyl sites for hydroxylation is 1. The van der Waals surface area contributed by atoms with Gasteiger partial charge in [0.15, 0.2) is 11.5 Å². The summed E-state index contributed by atoms with van der Waals surface area (Å²) < 4.78 is 38.1. The SMILES string of the molecule is CC[C@H](C)NC(=O)[C@H](CC)N(Cc1ccc(C)cc1)C(=O)CN(c1ccc2c(c1)OCO2)S(=O)(=O)CC. The number of anilines is 1. The molecule has 10 heteroatoms. The van der Waals surface area contributed by atoms with Crippen LogP contribution in [0.4, 0.5) is 5.69 Å². The highest BCUT2D eigenvalue weighted by Gasteiger charge is 2.33. The van der Waals surface area contributed by atoms with Gasteiger partial charge < -0.3 is 19.7 Å². The topological polar surface area (TPSA) is 105 Å². The van der Waals surface area contributed by atoms with Crippen molar-refractivity contribution in [3.63, 3.8) is 0 Å². The Hall–Kier alpha value is -3.27. The van der Waals surface area contributed by atoms with Gasteiger partial charge in [0.25, 0.3) is 0 Å². The minimum absolute atomic E-state index is 0.0477. The van der Waals surface area contributed by atoms with Crippen LogP contribution in [-0.2, 0) is 26.2 Å². The molecule has 0 radical (unpaired) electrons. The molecule has 1 aliphatic rings. The van der Waals surface area contributed by atoms with E-state index in [1.54, 1.807) is 18.2 Å². The number of sulfonamides is 1. The third-order valence-electron chi connectivity index (χ3n) is 6.48. The maximum absolute atomic E-state index is 13.8. The molecule has 0 aliphatic carbocycles. The van der Waals surface area contributed by atoms with Crippen molar-refractivity contribution in [3.8, 4) is 11.5 Å². The van der Waals surface area contributed by atoms with Crippen molar-refractivity contribution in [1.82, 2.24) is 10.2 Å². The van der Waals surface area contributed by atoms with E-state index in [0.29, 0.717) is 23.6 Å². The van der Waals surface area contributed by atoms with Gasteiger partial charge in [-0.25, -0.2) is 8.42 Å². The van der Waals surface area contributed by atoms with E-state index in [2.05, 4.69) is 5.32 Å². The fraction of sp³-hybridized carbons (Fsp3) is 0.481. The first-order valence-corrected chi connectivity index (χ1v) is 14.3. The first kappa shape index (κ1) is 28.3. The lowest BCUT2D eigenvalue weighted by atomic mass is 10.1. The van der Waals surface area contributed by atoms with Crippen LogP contribution < -0.4 is 19.1 Å². The summed E-state index contributed by atoms with van der Waals surface area (Å²) in [6.07, 6.45) is 1.13. The average Bonchev–Trinajstić information content (AvgIpc) is 3.36. The summed E-state index contributed by atoms with van der Waals surface area (Å²) in [5.41, 5.74) is 2.22. The average molecular weight is 532 g/mol. The van der Waals surface area contributed by atoms with Gasteiger partial charge in [-0.05, 0) is 51.3 Å². The van der Waals surface area contributed by atoms with Crippen LogP contribution in [0.1, 0.15) is 51.7 Å². The third-order valence-corrected chi connectivity index (χ3v) is 8.23. The molecule has 202 valence electrons. The highest BCUT2D eigenvalue weighted by atomic mass is 32.2. The summed E-state index contributed by atoms with van der Waals surface area (Å²) in [7, 11) is -3.82. The molecule has 37 heavy (non-hydrogen) atoms. The van der Waals surface area contributed by atoms with Crippen LogP contribution in [0.3, 0.4) is 0 Å². The van der Waals surface area contributed by atoms with Crippen LogP contribution in [0, 0.1) is 6.92 Å². The van der Waals surface area contributed by atoms with Crippen LogP contribution in [-0.4, -0.2) is 56.3 Å². The van der Waals surface area contributed by atoms with Crippen molar-refractivity contribution in [2.24, 2.45) is 0 Å². The summed E-state index contributed by atoms with van der Waals surface area (Å²) in [6.45, 7) is 8.99. The Bertz CT molecular complexity index is 1200. The number of nitrogens with one attached hydrogen (secondary N) is 1. The van der Waals surface area contributed by atoms with Crippen LogP contribution in [0.25, 0.3) is 0 Å². The van der Waals surface area contributed by atoms with Gasteiger partial charge >= 0.3 is 0 Å². The van der Waals surface area contributed by atoms with E-state index in [4.69, 9.17) is 9.47 Å². The molecule has 0 bridgehead atoms. The molecule has 1 aliphatic heterocycles. The Balaban J connectivity index is 1.96. The number of hydrogen-bond donors (Lipinski definition) is 1. The molecule has 2 amide bonds. The highest BCUT2D eigenvalue weighted by molar-refractivity contribution is 7.92. The standard InChI is InChI=1S/C27H37N3O6S/c1-6-20(5)28-27(32)23(7-2)29(16-21-11-9-19(4)10-12-21)26(31)17-30(37(33,34)8-3)22-13-14-24-25(15-22)36-18-35-24/h9-15,20,23H,6-8,16-18H2,1-5H3,(H,28,32)/t20-,23-/m0/s1. The number of nitrogens with zero attached hydrogens (tertiary/aromatic N) is 2. The summed E-state index contributed by atoms with van der Waals surface area (Å²) in [6, 6.07) is 11.7. The lowest BCUT2D eigenvalue weighted by molar-refractivity contribution is -0.140. The quantitative estimate of drug-likeness (QED) is 0.449. The summed E-state index contributed by atoms with van der Waals surface area (Å²) in [5.74, 6) is -0.000189. The van der Waals surface area contributed by atoms with E-state index in [1.807, 2.05) is 52.0 Å². The highest BCUT2D eigenvalue weighted by Crippen LogP contribution is 2.36. The van der Waals surface area contributed by atoms with Crippen molar-refractivity contribution in [2.45, 2.75) is 66.1 Å². The molecule has 2 aromatic rings. The molecule has 0 saturated carbocycles. The molecule has 2 atom stereocenters. The van der Waals surface area contributed by atoms with Crippen molar-refractivity contribution in [3.05, 3.63) is 53.6 Å². The minimum Gasteiger partial charge on any atom is -0.454 e. The van der Waals surface area contributed by atoms with E-state index < -0.39 is 28.5 Å². The van der Waals surface area contributed by atoms with E-state index in [1.165, 1.54) is 11.8 Å². The molecule has 1 N–H and O–H groups in total. The number of benzene rings is 2. The van der Waals surface area contributed by atoms with Gasteiger partial charge in [0.05, 0.1) is 11.4 Å². The van der Waals surface area contributed by atoms with Gasteiger partial charge in [-0.3, -0.25) is 13.9 Å². The third kappa shape index (κ3) is 6.94. The Morgan fingerprint density at radius 2 is 1.68 bits per heavy atom. The molecule has 2 aromatic carbocycles. The van der Waals surface area contributed by atoms with E-state index in [-0.39, 0.29) is 31.0 Å². The second-order valence-electron chi connectivity index (χ2n) is 9.19. The van der Waals surface area contributed by atoms with Gasteiger partial charge in [-0.15, -0.1) is 0 Å². The summed E-state index contributed by atoms with van der Waals surface area (Å²) in [5, 5.41) is 2.97. The molecule has 0 saturated heterocycles. The zero-order chi connectivity index (χ0) is 27.2. The first-order chi connectivity index (χ1) is 17.6. The Morgan fingerprint density at radius 3 is 2.30 bits per heavy atom. The number of amides is 2. The second-order valence-corrected chi connectivity index (χ2v) is 11.4. The lowest BCUT2D eigenvalue weighted by Gasteiger charge is -2.33. The van der Waals surface area contributed by atoms with E-state index in [9.17, 15) is 18.0 Å². The normalized spacial score (nSPS) is 14.1. The maximum atomic E-state index is 13.8. The predicted molar refractivity (Wildman–Crippen MR) is 143 cm³/mol. The van der Waals surface area contributed by atoms with Gasteiger partial charge in [-0.2, -0.15) is 0 Å². The minimum atomic E-state index is -3.82. The maximum Gasteiger partial charge on any atom is 0.244 e. The van der Waals surface area contributed by atoms with Crippen molar-refractivity contribution in [2.75, 3.05) is 23.4 Å². The van der Waals surface area contributed by atoms with Gasteiger partial charge in [0.2, 0.25) is 28.6 Å². The molecule has 1 heterocycles. The molecular formula is C27H37N3O6S. The van der Waals surface area contributed by atoms with Crippen LogP contribution >= 0.6 is 0 Å². The number of carbonyl (C=O) groups is 2. The zero-order valence-electron chi connectivity index (χ0n) is 22.2. The Labute approximate surface area is 219 Å². The number of rotatable bonds is 12. The van der Waals surface area contributed by atoms with Crippen LogP contribution in [0.2, 0.25) is 0 Å². The summed E-state index contributed by atoms with van der Waals surface area (Å²) in [4.78, 5) is 28.5. The van der Waals surface area contributed by atoms with Crippen molar-refractivity contribution < 1.29 is 27.5 Å². The number of ether oxygens (including phenoxy) is 2. The molecule has 3 rings (SSSR count). The second kappa shape index (κ2) is 12.3. The van der Waals surface area contributed by atoms with E-state index in [0.717, 1.165) is 21.9 Å². The Kier molecular flexibility index (Phi) is 9.42. The number of carbonyl (C=O) groups excluding carboxylic acids is 2. The first-order valence-electron chi connectivity index (χ1n) is 12.6. The van der Waals surface area contributed by atoms with Crippen molar-refractivity contribution in [1.29, 1.82) is 0 Å². The van der Waals surface area contributed by atoms with Crippen LogP contribution in [0.5, 0.6) is 11.5 Å². The largest absolute Gasteiger partial charge is 0.454 e. The zero-order valence-corrected chi connectivity index (χ0v) is 23.0. The molecule has 9 nitrogen and oxygen atoms in total. The number of fused-ring (bicyclic) bond motifs is 1. The fourth-order valence-electron chi connectivity index (χ4n) is 4.01. The number of hydrogen-bond acceptors (Lipinski definition) is 6. The monoisotopic (exact) mass is 531 g/mol. The fourth-order valence-corrected chi connectivity index (χ4v) is 5.06.